The third-order valence-electron chi connectivity index (χ3n) is 3.16. The standard InChI is InChI=1S/C14H12N3.C5H8O2.Ir/c1-16-11-9-15-14(16)17-10-5-8-13(17)12-6-3-2-4-7-12;1-4(6)3-5(2)7;/h2-9,11H,1H3;3,6H,1-2H3;/q-1;;/b;4-3-;. The first-order valence-corrected chi connectivity index (χ1v) is 7.49. The first kappa shape index (κ1) is 20.6. The van der Waals surface area contributed by atoms with E-state index in [9.17, 15) is 4.79 Å². The van der Waals surface area contributed by atoms with E-state index in [1.165, 1.54) is 19.9 Å². The molecule has 133 valence electrons. The number of ketones is 1. The second kappa shape index (κ2) is 9.77. The van der Waals surface area contributed by atoms with E-state index in [0.29, 0.717) is 0 Å². The summed E-state index contributed by atoms with van der Waals surface area (Å²) in [5.41, 5.74) is 2.26. The van der Waals surface area contributed by atoms with Crippen molar-refractivity contribution in [2.75, 3.05) is 0 Å². The van der Waals surface area contributed by atoms with Crippen LogP contribution in [0.5, 0.6) is 0 Å². The molecule has 2 heterocycles. The maximum atomic E-state index is 10.0. The SMILES string of the molecule is CC(=O)/C=C(/C)O.Cn1ccnc1-n1[c-]ccc1-c1ccccc1.[Ir]. The molecule has 0 aliphatic carbocycles. The van der Waals surface area contributed by atoms with Crippen molar-refractivity contribution in [3.8, 4) is 17.2 Å². The zero-order chi connectivity index (χ0) is 17.5. The Balaban J connectivity index is 0.000000339. The monoisotopic (exact) mass is 515 g/mol. The number of aryl methyl sites for hydroxylation is 1. The molecule has 3 aromatic rings. The number of rotatable bonds is 3. The summed E-state index contributed by atoms with van der Waals surface area (Å²) in [7, 11) is 1.98. The van der Waals surface area contributed by atoms with Crippen molar-refractivity contribution in [2.45, 2.75) is 13.8 Å². The number of hydrogen-bond donors (Lipinski definition) is 1. The van der Waals surface area contributed by atoms with Crippen molar-refractivity contribution in [1.29, 1.82) is 0 Å². The van der Waals surface area contributed by atoms with E-state index >= 15 is 0 Å². The van der Waals surface area contributed by atoms with Crippen LogP contribution in [-0.2, 0) is 31.9 Å². The summed E-state index contributed by atoms with van der Waals surface area (Å²) in [5.74, 6) is 0.807. The normalized spacial score (nSPS) is 10.4. The van der Waals surface area contributed by atoms with Gasteiger partial charge in [0.25, 0.3) is 0 Å². The predicted molar refractivity (Wildman–Crippen MR) is 93.9 cm³/mol. The number of carbonyl (C=O) groups excluding carboxylic acids is 1. The van der Waals surface area contributed by atoms with Crippen LogP contribution in [0, 0.1) is 6.20 Å². The predicted octanol–water partition coefficient (Wildman–Crippen LogP) is 3.71. The quantitative estimate of drug-likeness (QED) is 0.329. The molecule has 0 bridgehead atoms. The second-order valence-electron chi connectivity index (χ2n) is 5.28. The van der Waals surface area contributed by atoms with Crippen LogP contribution in [0.1, 0.15) is 13.8 Å². The van der Waals surface area contributed by atoms with E-state index in [1.54, 1.807) is 6.20 Å². The molecule has 0 aliphatic rings. The molecular weight excluding hydrogens is 494 g/mol. The Morgan fingerprint density at radius 1 is 1.20 bits per heavy atom. The Hall–Kier alpha value is -2.43. The number of imidazole rings is 1. The Bertz CT molecular complexity index is 831. The fraction of sp³-hybridized carbons (Fsp3) is 0.158. The summed E-state index contributed by atoms with van der Waals surface area (Å²) in [6.45, 7) is 2.85. The summed E-state index contributed by atoms with van der Waals surface area (Å²) in [4.78, 5) is 14.4. The van der Waals surface area contributed by atoms with E-state index in [-0.39, 0.29) is 31.6 Å². The maximum absolute atomic E-state index is 10.0. The largest absolute Gasteiger partial charge is 0.512 e. The summed E-state index contributed by atoms with van der Waals surface area (Å²) in [5, 5.41) is 8.36. The molecule has 0 unspecified atom stereocenters. The van der Waals surface area contributed by atoms with Gasteiger partial charge in [0.15, 0.2) is 5.78 Å². The molecule has 0 saturated carbocycles. The van der Waals surface area contributed by atoms with Crippen LogP contribution in [0.2, 0.25) is 0 Å². The van der Waals surface area contributed by atoms with Crippen LogP contribution in [-0.4, -0.2) is 25.0 Å². The molecule has 1 aromatic carbocycles. The van der Waals surface area contributed by atoms with Crippen LogP contribution >= 0.6 is 0 Å². The maximum Gasteiger partial charge on any atom is 0.155 e. The van der Waals surface area contributed by atoms with E-state index in [4.69, 9.17) is 5.11 Å². The number of aromatic nitrogens is 3. The third-order valence-corrected chi connectivity index (χ3v) is 3.16. The van der Waals surface area contributed by atoms with Crippen LogP contribution in [0.15, 0.2) is 66.7 Å². The molecule has 0 saturated heterocycles. The van der Waals surface area contributed by atoms with Crippen LogP contribution in [0.25, 0.3) is 17.2 Å². The zero-order valence-corrected chi connectivity index (χ0v) is 16.7. The average molecular weight is 515 g/mol. The molecule has 0 fully saturated rings. The molecule has 0 atom stereocenters. The van der Waals surface area contributed by atoms with E-state index in [0.717, 1.165) is 17.2 Å². The van der Waals surface area contributed by atoms with Gasteiger partial charge in [0.1, 0.15) is 5.95 Å². The molecular formula is C19H20IrN3O2-. The van der Waals surface area contributed by atoms with Gasteiger partial charge in [-0.05, 0) is 13.8 Å². The Kier molecular flexibility index (Phi) is 8.05. The van der Waals surface area contributed by atoms with Gasteiger partial charge < -0.3 is 14.2 Å². The summed E-state index contributed by atoms with van der Waals surface area (Å²) >= 11 is 0. The Morgan fingerprint density at radius 2 is 1.88 bits per heavy atom. The number of aliphatic hydroxyl groups is 1. The van der Waals surface area contributed by atoms with Crippen LogP contribution < -0.4 is 0 Å². The number of carbonyl (C=O) groups is 1. The van der Waals surface area contributed by atoms with E-state index in [2.05, 4.69) is 23.3 Å². The van der Waals surface area contributed by atoms with Crippen molar-refractivity contribution < 1.29 is 30.0 Å². The number of hydrogen-bond acceptors (Lipinski definition) is 3. The van der Waals surface area contributed by atoms with Crippen LogP contribution in [0.4, 0.5) is 0 Å². The summed E-state index contributed by atoms with van der Waals surface area (Å²) < 4.78 is 3.94. The van der Waals surface area contributed by atoms with Gasteiger partial charge in [-0.15, -0.1) is 6.07 Å². The number of allylic oxidation sites excluding steroid dienone is 2. The first-order valence-electron chi connectivity index (χ1n) is 7.49. The van der Waals surface area contributed by atoms with Gasteiger partial charge in [0.2, 0.25) is 0 Å². The minimum atomic E-state index is -0.125. The Labute approximate surface area is 161 Å². The smallest absolute Gasteiger partial charge is 0.155 e. The minimum Gasteiger partial charge on any atom is -0.512 e. The minimum absolute atomic E-state index is 0. The molecule has 1 radical (unpaired) electrons. The Morgan fingerprint density at radius 3 is 2.36 bits per heavy atom. The van der Waals surface area contributed by atoms with Crippen molar-refractivity contribution >= 4 is 5.78 Å². The zero-order valence-electron chi connectivity index (χ0n) is 14.3. The molecule has 0 spiro atoms. The van der Waals surface area contributed by atoms with Gasteiger partial charge in [-0.3, -0.25) is 9.78 Å². The molecule has 0 amide bonds. The van der Waals surface area contributed by atoms with Crippen LogP contribution in [0.3, 0.4) is 0 Å². The van der Waals surface area contributed by atoms with Gasteiger partial charge >= 0.3 is 0 Å². The summed E-state index contributed by atoms with van der Waals surface area (Å²) in [6.07, 6.45) is 8.07. The third kappa shape index (κ3) is 5.85. The topological polar surface area (TPSA) is 60.0 Å². The van der Waals surface area contributed by atoms with E-state index in [1.807, 2.05) is 52.7 Å². The van der Waals surface area contributed by atoms with E-state index < -0.39 is 0 Å². The molecule has 5 nitrogen and oxygen atoms in total. The first-order chi connectivity index (χ1) is 11.5. The van der Waals surface area contributed by atoms with Gasteiger partial charge in [0, 0.05) is 45.6 Å². The fourth-order valence-electron chi connectivity index (χ4n) is 2.20. The number of aliphatic hydroxyl groups excluding tert-OH is 1. The van der Waals surface area contributed by atoms with Crippen molar-refractivity contribution in [3.05, 3.63) is 72.9 Å². The molecule has 0 aliphatic heterocycles. The second-order valence-corrected chi connectivity index (χ2v) is 5.28. The molecule has 2 aromatic heterocycles. The van der Waals surface area contributed by atoms with Gasteiger partial charge in [-0.25, -0.2) is 0 Å². The van der Waals surface area contributed by atoms with Gasteiger partial charge in [0.05, 0.1) is 5.76 Å². The summed E-state index contributed by atoms with van der Waals surface area (Å²) in [6, 6.07) is 14.2. The average Bonchev–Trinajstić information content (AvgIpc) is 3.15. The molecule has 25 heavy (non-hydrogen) atoms. The van der Waals surface area contributed by atoms with Crippen molar-refractivity contribution in [3.63, 3.8) is 0 Å². The molecule has 3 rings (SSSR count). The fourth-order valence-corrected chi connectivity index (χ4v) is 2.20. The molecule has 6 heteroatoms. The number of benzene rings is 1. The van der Waals surface area contributed by atoms with Gasteiger partial charge in [-0.1, -0.05) is 47.8 Å². The van der Waals surface area contributed by atoms with Crippen molar-refractivity contribution in [2.24, 2.45) is 7.05 Å². The number of nitrogens with zero attached hydrogens (tertiary/aromatic N) is 3. The molecule has 1 N–H and O–H groups in total. The van der Waals surface area contributed by atoms with Crippen molar-refractivity contribution in [1.82, 2.24) is 14.1 Å². The van der Waals surface area contributed by atoms with Gasteiger partial charge in [-0.2, -0.15) is 6.07 Å².